The minimum Gasteiger partial charge on any atom is -0.367 e. The van der Waals surface area contributed by atoms with Crippen LogP contribution in [0.25, 0.3) is 0 Å². The summed E-state index contributed by atoms with van der Waals surface area (Å²) in [4.78, 5) is 24.4. The summed E-state index contributed by atoms with van der Waals surface area (Å²) in [5.41, 5.74) is 3.16. The van der Waals surface area contributed by atoms with Crippen LogP contribution in [0.5, 0.6) is 0 Å². The highest BCUT2D eigenvalue weighted by Gasteiger charge is 2.65. The second-order valence-electron chi connectivity index (χ2n) is 4.75. The average molecular weight is 286 g/mol. The van der Waals surface area contributed by atoms with Crippen molar-refractivity contribution in [3.05, 3.63) is 35.9 Å². The number of carbonyl (C=O) groups is 2. The zero-order valence-corrected chi connectivity index (χ0v) is 10.6. The highest BCUT2D eigenvalue weighted by atomic mass is 19.4. The molecule has 1 fully saturated rings. The van der Waals surface area contributed by atoms with E-state index in [2.05, 4.69) is 0 Å². The zero-order chi connectivity index (χ0) is 15.1. The molecule has 0 aliphatic carbocycles. The number of likely N-dealkylation sites (tertiary alicyclic amines) is 1. The predicted octanol–water partition coefficient (Wildman–Crippen LogP) is 1.41. The third-order valence-corrected chi connectivity index (χ3v) is 3.77. The Morgan fingerprint density at radius 1 is 1.35 bits per heavy atom. The number of primary amides is 1. The first-order valence-electron chi connectivity index (χ1n) is 5.91. The molecule has 4 nitrogen and oxygen atoms in total. The topological polar surface area (TPSA) is 63.4 Å². The fourth-order valence-corrected chi connectivity index (χ4v) is 2.81. The van der Waals surface area contributed by atoms with Crippen LogP contribution in [0.15, 0.2) is 30.3 Å². The Morgan fingerprint density at radius 2 is 1.90 bits per heavy atom. The highest BCUT2D eigenvalue weighted by Crippen LogP contribution is 2.50. The zero-order valence-electron chi connectivity index (χ0n) is 10.6. The largest absolute Gasteiger partial charge is 0.395 e. The molecule has 1 unspecified atom stereocenters. The maximum atomic E-state index is 13.3. The molecule has 0 saturated carbocycles. The number of likely N-dealkylation sites (N-methyl/N-ethyl adjacent to an activating group) is 1. The third-order valence-electron chi connectivity index (χ3n) is 3.77. The molecule has 0 bridgehead atoms. The van der Waals surface area contributed by atoms with E-state index in [1.165, 1.54) is 31.3 Å². The number of nitrogens with zero attached hydrogens (tertiary/aromatic N) is 1. The van der Waals surface area contributed by atoms with E-state index in [0.29, 0.717) is 0 Å². The summed E-state index contributed by atoms with van der Waals surface area (Å²) in [5.74, 6) is -4.08. The normalized spacial score (nSPS) is 26.9. The molecule has 108 valence electrons. The van der Waals surface area contributed by atoms with E-state index in [4.69, 9.17) is 5.73 Å². The highest BCUT2D eigenvalue weighted by molar-refractivity contribution is 5.95. The van der Waals surface area contributed by atoms with Crippen molar-refractivity contribution < 1.29 is 22.8 Å². The van der Waals surface area contributed by atoms with E-state index in [1.54, 1.807) is 6.07 Å². The fourth-order valence-electron chi connectivity index (χ4n) is 2.81. The Kier molecular flexibility index (Phi) is 3.23. The second kappa shape index (κ2) is 4.50. The monoisotopic (exact) mass is 286 g/mol. The van der Waals surface area contributed by atoms with Gasteiger partial charge in [-0.1, -0.05) is 30.3 Å². The van der Waals surface area contributed by atoms with Crippen molar-refractivity contribution >= 4 is 11.8 Å². The fraction of sp³-hybridized carbons (Fsp3) is 0.385. The van der Waals surface area contributed by atoms with E-state index >= 15 is 0 Å². The van der Waals surface area contributed by atoms with Crippen LogP contribution in [0.2, 0.25) is 0 Å². The molecule has 1 aliphatic heterocycles. The van der Waals surface area contributed by atoms with Gasteiger partial charge >= 0.3 is 6.18 Å². The minimum absolute atomic E-state index is 0.0724. The second-order valence-corrected chi connectivity index (χ2v) is 4.75. The van der Waals surface area contributed by atoms with Crippen LogP contribution in [0.3, 0.4) is 0 Å². The SMILES string of the molecule is CN1C(=O)CC(C(F)(F)F)[C@]1(C(N)=O)c1ccccc1. The molecular formula is C13H13F3N2O2. The molecule has 2 amide bonds. The molecule has 1 aliphatic rings. The van der Waals surface area contributed by atoms with E-state index in [1.807, 2.05) is 0 Å². The molecule has 1 heterocycles. The van der Waals surface area contributed by atoms with Gasteiger partial charge in [0.25, 0.3) is 0 Å². The summed E-state index contributed by atoms with van der Waals surface area (Å²) in [5, 5.41) is 0. The molecule has 1 aromatic rings. The van der Waals surface area contributed by atoms with Crippen LogP contribution in [0.4, 0.5) is 13.2 Å². The number of benzene rings is 1. The van der Waals surface area contributed by atoms with Gasteiger partial charge < -0.3 is 10.6 Å². The maximum Gasteiger partial charge on any atom is 0.395 e. The van der Waals surface area contributed by atoms with Gasteiger partial charge in [-0.25, -0.2) is 0 Å². The lowest BCUT2D eigenvalue weighted by molar-refractivity contribution is -0.198. The van der Waals surface area contributed by atoms with Crippen molar-refractivity contribution in [2.75, 3.05) is 7.05 Å². The van der Waals surface area contributed by atoms with Gasteiger partial charge in [-0.3, -0.25) is 9.59 Å². The number of hydrogen-bond acceptors (Lipinski definition) is 2. The smallest absolute Gasteiger partial charge is 0.367 e. The number of amides is 2. The Hall–Kier alpha value is -2.05. The summed E-state index contributed by atoms with van der Waals surface area (Å²) in [6.45, 7) is 0. The van der Waals surface area contributed by atoms with Gasteiger partial charge in [0.15, 0.2) is 5.54 Å². The summed E-state index contributed by atoms with van der Waals surface area (Å²) in [6, 6.07) is 7.36. The third kappa shape index (κ3) is 1.85. The lowest BCUT2D eigenvalue weighted by atomic mass is 9.77. The number of nitrogens with two attached hydrogens (primary N) is 1. The van der Waals surface area contributed by atoms with Crippen LogP contribution in [-0.4, -0.2) is 29.9 Å². The van der Waals surface area contributed by atoms with Crippen LogP contribution in [-0.2, 0) is 15.1 Å². The summed E-state index contributed by atoms with van der Waals surface area (Å²) >= 11 is 0. The summed E-state index contributed by atoms with van der Waals surface area (Å²) in [6.07, 6.45) is -5.48. The Bertz CT molecular complexity index is 544. The van der Waals surface area contributed by atoms with E-state index in [9.17, 15) is 22.8 Å². The Balaban J connectivity index is 2.71. The quantitative estimate of drug-likeness (QED) is 0.893. The molecule has 2 atom stereocenters. The van der Waals surface area contributed by atoms with Gasteiger partial charge in [-0.2, -0.15) is 13.2 Å². The summed E-state index contributed by atoms with van der Waals surface area (Å²) < 4.78 is 39.8. The van der Waals surface area contributed by atoms with Crippen LogP contribution in [0.1, 0.15) is 12.0 Å². The van der Waals surface area contributed by atoms with Gasteiger partial charge in [0.05, 0.1) is 0 Å². The summed E-state index contributed by atoms with van der Waals surface area (Å²) in [7, 11) is 1.17. The van der Waals surface area contributed by atoms with Crippen molar-refractivity contribution in [2.24, 2.45) is 11.7 Å². The molecule has 0 radical (unpaired) electrons. The van der Waals surface area contributed by atoms with Crippen molar-refractivity contribution in [1.29, 1.82) is 0 Å². The number of alkyl halides is 3. The molecule has 0 spiro atoms. The van der Waals surface area contributed by atoms with E-state index in [0.717, 1.165) is 4.90 Å². The Morgan fingerprint density at radius 3 is 2.35 bits per heavy atom. The van der Waals surface area contributed by atoms with Gasteiger partial charge in [-0.15, -0.1) is 0 Å². The number of halogens is 3. The van der Waals surface area contributed by atoms with Gasteiger partial charge in [0.1, 0.15) is 5.92 Å². The predicted molar refractivity (Wildman–Crippen MR) is 64.2 cm³/mol. The molecule has 20 heavy (non-hydrogen) atoms. The number of rotatable bonds is 2. The molecule has 1 aromatic carbocycles. The maximum absolute atomic E-state index is 13.3. The number of carbonyl (C=O) groups excluding carboxylic acids is 2. The van der Waals surface area contributed by atoms with Crippen LogP contribution >= 0.6 is 0 Å². The molecular weight excluding hydrogens is 273 g/mol. The first-order chi connectivity index (χ1) is 9.22. The van der Waals surface area contributed by atoms with Crippen molar-refractivity contribution in [3.63, 3.8) is 0 Å². The molecule has 2 N–H and O–H groups in total. The lowest BCUT2D eigenvalue weighted by Gasteiger charge is -2.38. The minimum atomic E-state index is -4.70. The lowest BCUT2D eigenvalue weighted by Crippen LogP contribution is -2.57. The van der Waals surface area contributed by atoms with Crippen LogP contribution < -0.4 is 5.73 Å². The van der Waals surface area contributed by atoms with Crippen molar-refractivity contribution in [2.45, 2.75) is 18.1 Å². The van der Waals surface area contributed by atoms with Crippen molar-refractivity contribution in [1.82, 2.24) is 4.90 Å². The molecule has 1 saturated heterocycles. The molecule has 0 aromatic heterocycles. The van der Waals surface area contributed by atoms with Crippen molar-refractivity contribution in [3.8, 4) is 0 Å². The van der Waals surface area contributed by atoms with E-state index < -0.39 is 35.9 Å². The van der Waals surface area contributed by atoms with Crippen LogP contribution in [0, 0.1) is 5.92 Å². The molecule has 7 heteroatoms. The molecule has 2 rings (SSSR count). The van der Waals surface area contributed by atoms with Gasteiger partial charge in [0, 0.05) is 13.5 Å². The van der Waals surface area contributed by atoms with E-state index in [-0.39, 0.29) is 5.56 Å². The van der Waals surface area contributed by atoms with Gasteiger partial charge in [-0.05, 0) is 5.56 Å². The Labute approximate surface area is 113 Å². The standard InChI is InChI=1S/C13H13F3N2O2/c1-18-10(19)7-9(13(14,15)16)12(18,11(17)20)8-5-3-2-4-6-8/h2-6,9H,7H2,1H3,(H2,17,20)/t9?,12-/m0/s1. The first kappa shape index (κ1) is 14.4. The number of hydrogen-bond donors (Lipinski definition) is 1. The first-order valence-corrected chi connectivity index (χ1v) is 5.91. The average Bonchev–Trinajstić information content (AvgIpc) is 2.64. The van der Waals surface area contributed by atoms with Gasteiger partial charge in [0.2, 0.25) is 11.8 Å².